The lowest BCUT2D eigenvalue weighted by atomic mass is 10.3. The first kappa shape index (κ1) is 18.2. The number of aromatic nitrogens is 1. The number of ether oxygens (including phenoxy) is 1. The number of esters is 1. The molecule has 1 N–H and O–H groups in total. The smallest absolute Gasteiger partial charge is 0.375 e. The highest BCUT2D eigenvalue weighted by Gasteiger charge is 2.21. The van der Waals surface area contributed by atoms with Crippen molar-refractivity contribution in [1.29, 1.82) is 0 Å². The Morgan fingerprint density at radius 2 is 1.81 bits per heavy atom. The van der Waals surface area contributed by atoms with Gasteiger partial charge in [-0.2, -0.15) is 0 Å². The molecule has 0 saturated carbocycles. The van der Waals surface area contributed by atoms with Crippen LogP contribution in [0.2, 0.25) is 0 Å². The summed E-state index contributed by atoms with van der Waals surface area (Å²) in [7, 11) is 0. The maximum absolute atomic E-state index is 12.2. The minimum Gasteiger partial charge on any atom is -0.452 e. The van der Waals surface area contributed by atoms with Crippen molar-refractivity contribution in [2.45, 2.75) is 19.6 Å². The molecule has 0 radical (unpaired) electrons. The van der Waals surface area contributed by atoms with Gasteiger partial charge in [0.25, 0.3) is 11.5 Å². The van der Waals surface area contributed by atoms with E-state index in [-0.39, 0.29) is 17.9 Å². The molecule has 0 aliphatic heterocycles. The van der Waals surface area contributed by atoms with Crippen molar-refractivity contribution in [1.82, 2.24) is 4.57 Å². The van der Waals surface area contributed by atoms with Gasteiger partial charge in [-0.25, -0.2) is 4.79 Å². The molecule has 7 nitrogen and oxygen atoms in total. The van der Waals surface area contributed by atoms with Crippen molar-refractivity contribution < 1.29 is 18.7 Å². The third-order valence-corrected chi connectivity index (χ3v) is 3.78. The minimum absolute atomic E-state index is 0.0339. The van der Waals surface area contributed by atoms with E-state index >= 15 is 0 Å². The van der Waals surface area contributed by atoms with Crippen LogP contribution in [0.5, 0.6) is 0 Å². The molecule has 27 heavy (non-hydrogen) atoms. The monoisotopic (exact) mass is 366 g/mol. The molecule has 1 aromatic carbocycles. The van der Waals surface area contributed by atoms with Crippen molar-refractivity contribution in [2.75, 3.05) is 5.32 Å². The van der Waals surface area contributed by atoms with Crippen LogP contribution in [-0.2, 0) is 16.1 Å². The molecular formula is C20H18N2O5. The number of carbonyl (C=O) groups excluding carboxylic acids is 2. The van der Waals surface area contributed by atoms with Crippen molar-refractivity contribution in [3.05, 3.63) is 88.7 Å². The molecule has 1 amide bonds. The molecule has 1 atom stereocenters. The maximum Gasteiger partial charge on any atom is 0.375 e. The van der Waals surface area contributed by atoms with Crippen LogP contribution in [0.3, 0.4) is 0 Å². The number of para-hydroxylation sites is 1. The molecule has 3 aromatic rings. The van der Waals surface area contributed by atoms with Gasteiger partial charge < -0.3 is 19.0 Å². The highest BCUT2D eigenvalue weighted by atomic mass is 16.6. The number of pyridine rings is 1. The summed E-state index contributed by atoms with van der Waals surface area (Å²) in [6.07, 6.45) is 0.627. The van der Waals surface area contributed by atoms with Gasteiger partial charge in [0, 0.05) is 18.0 Å². The fourth-order valence-corrected chi connectivity index (χ4v) is 2.37. The van der Waals surface area contributed by atoms with Gasteiger partial charge >= 0.3 is 5.97 Å². The Balaban J connectivity index is 1.59. The number of nitrogens with one attached hydrogen (secondary N) is 1. The highest BCUT2D eigenvalue weighted by Crippen LogP contribution is 2.12. The third-order valence-electron chi connectivity index (χ3n) is 3.78. The molecule has 0 unspecified atom stereocenters. The van der Waals surface area contributed by atoms with Crippen LogP contribution in [0.15, 0.2) is 76.1 Å². The Kier molecular flexibility index (Phi) is 5.51. The Morgan fingerprint density at radius 3 is 2.56 bits per heavy atom. The average molecular weight is 366 g/mol. The highest BCUT2D eigenvalue weighted by molar-refractivity contribution is 5.96. The molecular weight excluding hydrogens is 348 g/mol. The summed E-state index contributed by atoms with van der Waals surface area (Å²) in [6, 6.07) is 16.7. The fourth-order valence-electron chi connectivity index (χ4n) is 2.37. The van der Waals surface area contributed by atoms with Crippen LogP contribution in [0.25, 0.3) is 0 Å². The summed E-state index contributed by atoms with van der Waals surface area (Å²) in [5, 5.41) is 2.66. The zero-order valence-corrected chi connectivity index (χ0v) is 14.6. The molecule has 138 valence electrons. The van der Waals surface area contributed by atoms with E-state index in [0.29, 0.717) is 11.4 Å². The second-order valence-electron chi connectivity index (χ2n) is 5.84. The topological polar surface area (TPSA) is 90.5 Å². The number of benzene rings is 1. The summed E-state index contributed by atoms with van der Waals surface area (Å²) < 4.78 is 12.0. The molecule has 0 aliphatic rings. The number of amides is 1. The average Bonchev–Trinajstić information content (AvgIpc) is 3.13. The normalized spacial score (nSPS) is 11.6. The van der Waals surface area contributed by atoms with E-state index in [1.165, 1.54) is 23.6 Å². The Labute approximate surface area is 155 Å². The lowest BCUT2D eigenvalue weighted by molar-refractivity contribution is -0.123. The Morgan fingerprint density at radius 1 is 1.07 bits per heavy atom. The minimum atomic E-state index is -0.997. The molecule has 0 bridgehead atoms. The van der Waals surface area contributed by atoms with Crippen molar-refractivity contribution in [2.24, 2.45) is 0 Å². The fraction of sp³-hybridized carbons (Fsp3) is 0.150. The second kappa shape index (κ2) is 8.18. The predicted octanol–water partition coefficient (Wildman–Crippen LogP) is 2.67. The summed E-state index contributed by atoms with van der Waals surface area (Å²) in [5.74, 6) is -0.806. The molecule has 7 heteroatoms. The van der Waals surface area contributed by atoms with Gasteiger partial charge in [-0.15, -0.1) is 0 Å². The number of hydrogen-bond acceptors (Lipinski definition) is 5. The number of carbonyl (C=O) groups is 2. The lowest BCUT2D eigenvalue weighted by Gasteiger charge is -2.12. The molecule has 0 aliphatic carbocycles. The first-order valence-corrected chi connectivity index (χ1v) is 8.34. The zero-order valence-electron chi connectivity index (χ0n) is 14.6. The van der Waals surface area contributed by atoms with Gasteiger partial charge in [0.2, 0.25) is 5.76 Å². The third kappa shape index (κ3) is 4.72. The van der Waals surface area contributed by atoms with Gasteiger partial charge in [-0.05, 0) is 37.3 Å². The van der Waals surface area contributed by atoms with Crippen molar-refractivity contribution >= 4 is 17.6 Å². The van der Waals surface area contributed by atoms with Crippen LogP contribution in [0.4, 0.5) is 5.69 Å². The van der Waals surface area contributed by atoms with Crippen LogP contribution in [0.1, 0.15) is 23.2 Å². The van der Waals surface area contributed by atoms with E-state index in [2.05, 4.69) is 5.32 Å². The van der Waals surface area contributed by atoms with E-state index in [4.69, 9.17) is 9.15 Å². The number of furan rings is 1. The van der Waals surface area contributed by atoms with Gasteiger partial charge in [0.05, 0.1) is 6.54 Å². The first-order valence-electron chi connectivity index (χ1n) is 8.34. The van der Waals surface area contributed by atoms with E-state index in [1.54, 1.807) is 48.7 Å². The molecule has 0 spiro atoms. The zero-order chi connectivity index (χ0) is 19.2. The van der Waals surface area contributed by atoms with Crippen molar-refractivity contribution in [3.63, 3.8) is 0 Å². The number of rotatable bonds is 6. The molecule has 0 saturated heterocycles. The summed E-state index contributed by atoms with van der Waals surface area (Å²) >= 11 is 0. The molecule has 2 heterocycles. The first-order chi connectivity index (χ1) is 13.0. The Hall–Kier alpha value is -3.61. The van der Waals surface area contributed by atoms with E-state index in [0.717, 1.165) is 0 Å². The molecule has 0 fully saturated rings. The van der Waals surface area contributed by atoms with Crippen LogP contribution in [0, 0.1) is 0 Å². The lowest BCUT2D eigenvalue weighted by Crippen LogP contribution is -2.29. The van der Waals surface area contributed by atoms with Gasteiger partial charge in [0.1, 0.15) is 5.76 Å². The van der Waals surface area contributed by atoms with Crippen molar-refractivity contribution in [3.8, 4) is 0 Å². The number of hydrogen-bond donors (Lipinski definition) is 1. The summed E-state index contributed by atoms with van der Waals surface area (Å²) in [5.41, 5.74) is 0.434. The van der Waals surface area contributed by atoms with Gasteiger partial charge in [-0.3, -0.25) is 9.59 Å². The van der Waals surface area contributed by atoms with Gasteiger partial charge in [0.15, 0.2) is 6.10 Å². The quantitative estimate of drug-likeness (QED) is 0.678. The predicted molar refractivity (Wildman–Crippen MR) is 98.5 cm³/mol. The summed E-state index contributed by atoms with van der Waals surface area (Å²) in [4.78, 5) is 36.0. The molecule has 3 rings (SSSR count). The van der Waals surface area contributed by atoms with Crippen LogP contribution in [-0.4, -0.2) is 22.5 Å². The molecule has 2 aromatic heterocycles. The maximum atomic E-state index is 12.2. The van der Waals surface area contributed by atoms with E-state index in [9.17, 15) is 14.4 Å². The second-order valence-corrected chi connectivity index (χ2v) is 5.84. The Bertz CT molecular complexity index is 991. The van der Waals surface area contributed by atoms with Gasteiger partial charge in [-0.1, -0.05) is 24.3 Å². The number of nitrogens with zero attached hydrogens (tertiary/aromatic N) is 1. The standard InChI is InChI=1S/C20H18N2O5/c1-14(19(24)21-15-7-3-2-4-8-15)26-20(25)17-11-10-16(27-17)13-22-12-6-5-9-18(22)23/h2-12,14H,13H2,1H3,(H,21,24)/t14-/m1/s1. The number of anilines is 1. The summed E-state index contributed by atoms with van der Waals surface area (Å²) in [6.45, 7) is 1.67. The van der Waals surface area contributed by atoms with Crippen LogP contribution < -0.4 is 10.9 Å². The van der Waals surface area contributed by atoms with E-state index in [1.807, 2.05) is 6.07 Å². The largest absolute Gasteiger partial charge is 0.452 e. The van der Waals surface area contributed by atoms with E-state index < -0.39 is 18.0 Å². The SMILES string of the molecule is C[C@@H](OC(=O)c1ccc(Cn2ccccc2=O)o1)C(=O)Nc1ccccc1. The van der Waals surface area contributed by atoms with Crippen LogP contribution >= 0.6 is 0 Å².